The Morgan fingerprint density at radius 2 is 2.00 bits per heavy atom. The molecule has 2 N–H and O–H groups in total. The minimum atomic E-state index is -0.223. The largest absolute Gasteiger partial charge is 0.396 e. The van der Waals surface area contributed by atoms with E-state index in [9.17, 15) is 9.50 Å². The zero-order chi connectivity index (χ0) is 13.0. The van der Waals surface area contributed by atoms with Gasteiger partial charge >= 0.3 is 0 Å². The van der Waals surface area contributed by atoms with Gasteiger partial charge in [0.2, 0.25) is 0 Å². The van der Waals surface area contributed by atoms with Crippen LogP contribution in [0.15, 0.2) is 22.7 Å². The van der Waals surface area contributed by atoms with E-state index < -0.39 is 0 Å². The maximum Gasteiger partial charge on any atom is 0.124 e. The molecule has 2 rings (SSSR count). The molecule has 0 unspecified atom stereocenters. The molecule has 0 saturated heterocycles. The fourth-order valence-electron chi connectivity index (χ4n) is 2.70. The molecule has 2 nitrogen and oxygen atoms in total. The molecule has 0 amide bonds. The quantitative estimate of drug-likeness (QED) is 0.874. The monoisotopic (exact) mass is 315 g/mol. The lowest BCUT2D eigenvalue weighted by atomic mass is 9.87. The fraction of sp³-hybridized carbons (Fsp3) is 0.571. The number of aliphatic hydroxyl groups excluding tert-OH is 1. The van der Waals surface area contributed by atoms with E-state index in [2.05, 4.69) is 21.2 Å². The highest BCUT2D eigenvalue weighted by Gasteiger charge is 2.32. The number of nitrogens with one attached hydrogen (secondary N) is 1. The Labute approximate surface area is 116 Å². The van der Waals surface area contributed by atoms with Crippen LogP contribution >= 0.6 is 15.9 Å². The van der Waals surface area contributed by atoms with Crippen LogP contribution in [0.4, 0.5) is 4.39 Å². The molecular formula is C14H19BrFNO. The molecule has 0 aliphatic heterocycles. The summed E-state index contributed by atoms with van der Waals surface area (Å²) in [5, 5.41) is 12.8. The van der Waals surface area contributed by atoms with E-state index in [-0.39, 0.29) is 17.8 Å². The molecule has 0 atom stereocenters. The van der Waals surface area contributed by atoms with Crippen LogP contribution in [0.2, 0.25) is 0 Å². The van der Waals surface area contributed by atoms with Crippen molar-refractivity contribution in [2.45, 2.75) is 32.2 Å². The topological polar surface area (TPSA) is 32.3 Å². The molecule has 18 heavy (non-hydrogen) atoms. The van der Waals surface area contributed by atoms with Crippen LogP contribution in [0.3, 0.4) is 0 Å². The minimum absolute atomic E-state index is 0.0462. The van der Waals surface area contributed by atoms with Crippen molar-refractivity contribution in [2.75, 3.05) is 13.2 Å². The zero-order valence-electron chi connectivity index (χ0n) is 10.4. The highest BCUT2D eigenvalue weighted by Crippen LogP contribution is 2.36. The third kappa shape index (κ3) is 3.53. The molecule has 1 saturated carbocycles. The van der Waals surface area contributed by atoms with Gasteiger partial charge in [0.25, 0.3) is 0 Å². The second kappa shape index (κ2) is 6.13. The first-order valence-corrected chi connectivity index (χ1v) is 7.19. The predicted molar refractivity (Wildman–Crippen MR) is 73.8 cm³/mol. The van der Waals surface area contributed by atoms with Gasteiger partial charge < -0.3 is 10.4 Å². The lowest BCUT2D eigenvalue weighted by Crippen LogP contribution is -2.34. The highest BCUT2D eigenvalue weighted by atomic mass is 79.9. The average molecular weight is 316 g/mol. The van der Waals surface area contributed by atoms with Crippen molar-refractivity contribution in [3.63, 3.8) is 0 Å². The third-order valence-electron chi connectivity index (χ3n) is 3.75. The SMILES string of the molecule is OCC1(CNCc2cc(F)cc(Br)c2)CCCC1. The summed E-state index contributed by atoms with van der Waals surface area (Å²) in [6, 6.07) is 4.91. The van der Waals surface area contributed by atoms with Crippen LogP contribution in [0, 0.1) is 11.2 Å². The van der Waals surface area contributed by atoms with Gasteiger partial charge in [-0.3, -0.25) is 0 Å². The van der Waals surface area contributed by atoms with Gasteiger partial charge in [0.05, 0.1) is 0 Å². The summed E-state index contributed by atoms with van der Waals surface area (Å²) < 4.78 is 14.0. The first kappa shape index (κ1) is 14.0. The molecule has 1 aliphatic carbocycles. The highest BCUT2D eigenvalue weighted by molar-refractivity contribution is 9.10. The van der Waals surface area contributed by atoms with Crippen molar-refractivity contribution in [2.24, 2.45) is 5.41 Å². The molecule has 0 aromatic heterocycles. The Morgan fingerprint density at radius 1 is 1.28 bits per heavy atom. The Kier molecular flexibility index (Phi) is 4.76. The van der Waals surface area contributed by atoms with E-state index >= 15 is 0 Å². The molecule has 1 aromatic carbocycles. The van der Waals surface area contributed by atoms with Gasteiger partial charge in [-0.2, -0.15) is 0 Å². The summed E-state index contributed by atoms with van der Waals surface area (Å²) in [4.78, 5) is 0. The number of aliphatic hydroxyl groups is 1. The summed E-state index contributed by atoms with van der Waals surface area (Å²) in [6.45, 7) is 1.68. The van der Waals surface area contributed by atoms with Gasteiger partial charge in [-0.25, -0.2) is 4.39 Å². The standard InChI is InChI=1S/C14H19BrFNO/c15-12-5-11(6-13(16)7-12)8-17-9-14(10-18)3-1-2-4-14/h5-7,17-18H,1-4,8-10H2. The van der Waals surface area contributed by atoms with Gasteiger partial charge in [-0.15, -0.1) is 0 Å². The Hall–Kier alpha value is -0.450. The first-order chi connectivity index (χ1) is 8.63. The van der Waals surface area contributed by atoms with Crippen molar-refractivity contribution in [3.8, 4) is 0 Å². The normalized spacial score (nSPS) is 18.2. The van der Waals surface area contributed by atoms with Crippen LogP contribution in [0.25, 0.3) is 0 Å². The third-order valence-corrected chi connectivity index (χ3v) is 4.21. The van der Waals surface area contributed by atoms with E-state index in [1.165, 1.54) is 25.0 Å². The molecule has 1 fully saturated rings. The molecular weight excluding hydrogens is 297 g/mol. The second-order valence-corrected chi connectivity index (χ2v) is 6.16. The number of hydrogen-bond donors (Lipinski definition) is 2. The maximum atomic E-state index is 13.2. The summed E-state index contributed by atoms with van der Waals surface area (Å²) >= 11 is 3.29. The van der Waals surface area contributed by atoms with Gasteiger partial charge in [0.1, 0.15) is 5.82 Å². The van der Waals surface area contributed by atoms with Crippen molar-refractivity contribution < 1.29 is 9.50 Å². The van der Waals surface area contributed by atoms with E-state index in [0.29, 0.717) is 6.54 Å². The van der Waals surface area contributed by atoms with Crippen molar-refractivity contribution in [1.29, 1.82) is 0 Å². The van der Waals surface area contributed by atoms with E-state index in [1.54, 1.807) is 0 Å². The van der Waals surface area contributed by atoms with Crippen LogP contribution in [-0.4, -0.2) is 18.3 Å². The van der Waals surface area contributed by atoms with E-state index in [1.807, 2.05) is 6.07 Å². The molecule has 0 bridgehead atoms. The van der Waals surface area contributed by atoms with Crippen LogP contribution in [0.5, 0.6) is 0 Å². The lowest BCUT2D eigenvalue weighted by Gasteiger charge is -2.26. The summed E-state index contributed by atoms with van der Waals surface area (Å²) in [5.74, 6) is -0.223. The molecule has 4 heteroatoms. The summed E-state index contributed by atoms with van der Waals surface area (Å²) in [5.41, 5.74) is 0.970. The fourth-order valence-corrected chi connectivity index (χ4v) is 3.21. The number of halogens is 2. The van der Waals surface area contributed by atoms with Crippen molar-refractivity contribution in [1.82, 2.24) is 5.32 Å². The van der Waals surface area contributed by atoms with Gasteiger partial charge in [-0.05, 0) is 36.6 Å². The van der Waals surface area contributed by atoms with Crippen molar-refractivity contribution >= 4 is 15.9 Å². The molecule has 1 aliphatic rings. The van der Waals surface area contributed by atoms with Gasteiger partial charge in [-0.1, -0.05) is 28.8 Å². The summed E-state index contributed by atoms with van der Waals surface area (Å²) in [7, 11) is 0. The molecule has 0 heterocycles. The van der Waals surface area contributed by atoms with E-state index in [0.717, 1.165) is 29.4 Å². The molecule has 0 radical (unpaired) electrons. The smallest absolute Gasteiger partial charge is 0.124 e. The minimum Gasteiger partial charge on any atom is -0.396 e. The lowest BCUT2D eigenvalue weighted by molar-refractivity contribution is 0.128. The van der Waals surface area contributed by atoms with Gasteiger partial charge in [0.15, 0.2) is 0 Å². The second-order valence-electron chi connectivity index (χ2n) is 5.25. The number of rotatable bonds is 5. The zero-order valence-corrected chi connectivity index (χ0v) is 12.0. The Bertz CT molecular complexity index is 385. The number of hydrogen-bond acceptors (Lipinski definition) is 2. The van der Waals surface area contributed by atoms with Crippen LogP contribution in [-0.2, 0) is 6.54 Å². The molecule has 0 spiro atoms. The van der Waals surface area contributed by atoms with Crippen LogP contribution in [0.1, 0.15) is 31.2 Å². The average Bonchev–Trinajstić information content (AvgIpc) is 2.77. The van der Waals surface area contributed by atoms with Crippen LogP contribution < -0.4 is 5.32 Å². The Balaban J connectivity index is 1.87. The van der Waals surface area contributed by atoms with Gasteiger partial charge in [0, 0.05) is 29.6 Å². The van der Waals surface area contributed by atoms with E-state index in [4.69, 9.17) is 0 Å². The summed E-state index contributed by atoms with van der Waals surface area (Å²) in [6.07, 6.45) is 4.58. The number of benzene rings is 1. The Morgan fingerprint density at radius 3 is 2.61 bits per heavy atom. The molecule has 100 valence electrons. The molecule has 1 aromatic rings. The van der Waals surface area contributed by atoms with Crippen molar-refractivity contribution in [3.05, 3.63) is 34.1 Å². The maximum absolute atomic E-state index is 13.2. The predicted octanol–water partition coefficient (Wildman–Crippen LogP) is 3.23. The first-order valence-electron chi connectivity index (χ1n) is 6.40.